The molecule has 0 bridgehead atoms. The van der Waals surface area contributed by atoms with Crippen molar-refractivity contribution >= 4 is 20.6 Å². The molecule has 0 spiro atoms. The van der Waals surface area contributed by atoms with Crippen LogP contribution in [0.5, 0.6) is 0 Å². The Balaban J connectivity index is 2.61. The molecule has 0 saturated carbocycles. The minimum Gasteiger partial charge on any atom is -0.323 e. The Bertz CT molecular complexity index is 707. The fourth-order valence-electron chi connectivity index (χ4n) is 2.28. The molecule has 2 atom stereocenters. The summed E-state index contributed by atoms with van der Waals surface area (Å²) in [5.41, 5.74) is 8.22. The molecular formula is C15H19NO2S. The van der Waals surface area contributed by atoms with Crippen molar-refractivity contribution in [2.75, 3.05) is 6.26 Å². The van der Waals surface area contributed by atoms with Crippen molar-refractivity contribution in [3.05, 3.63) is 47.5 Å². The third-order valence-electron chi connectivity index (χ3n) is 3.72. The molecule has 4 heteroatoms. The molecule has 0 aliphatic rings. The van der Waals surface area contributed by atoms with E-state index in [9.17, 15) is 8.42 Å². The highest BCUT2D eigenvalue weighted by atomic mass is 32.2. The van der Waals surface area contributed by atoms with E-state index in [1.807, 2.05) is 43.3 Å². The molecule has 0 amide bonds. The van der Waals surface area contributed by atoms with Crippen LogP contribution >= 0.6 is 0 Å². The van der Waals surface area contributed by atoms with Gasteiger partial charge in [-0.3, -0.25) is 0 Å². The largest absolute Gasteiger partial charge is 0.323 e. The molecule has 102 valence electrons. The van der Waals surface area contributed by atoms with Crippen molar-refractivity contribution in [3.63, 3.8) is 0 Å². The molecule has 0 aliphatic carbocycles. The first-order valence-corrected chi connectivity index (χ1v) is 8.20. The predicted molar refractivity (Wildman–Crippen MR) is 79.9 cm³/mol. The lowest BCUT2D eigenvalue weighted by atomic mass is 9.95. The highest BCUT2D eigenvalue weighted by molar-refractivity contribution is 7.91. The highest BCUT2D eigenvalue weighted by Gasteiger charge is 2.25. The Morgan fingerprint density at radius 3 is 2.21 bits per heavy atom. The Morgan fingerprint density at radius 2 is 1.63 bits per heavy atom. The minimum absolute atomic E-state index is 0.513. The first-order chi connectivity index (χ1) is 8.82. The van der Waals surface area contributed by atoms with Crippen LogP contribution in [-0.2, 0) is 9.84 Å². The average Bonchev–Trinajstić information content (AvgIpc) is 2.37. The third kappa shape index (κ3) is 2.65. The normalized spacial score (nSPS) is 15.4. The fraction of sp³-hybridized carbons (Fsp3) is 0.333. The summed E-state index contributed by atoms with van der Waals surface area (Å²) in [6.45, 7) is 3.70. The monoisotopic (exact) mass is 277 g/mol. The van der Waals surface area contributed by atoms with E-state index in [2.05, 4.69) is 0 Å². The van der Waals surface area contributed by atoms with Crippen LogP contribution in [0.25, 0.3) is 10.8 Å². The quantitative estimate of drug-likeness (QED) is 0.938. The van der Waals surface area contributed by atoms with Crippen molar-refractivity contribution in [2.24, 2.45) is 5.73 Å². The van der Waals surface area contributed by atoms with Gasteiger partial charge in [0, 0.05) is 12.3 Å². The van der Waals surface area contributed by atoms with Crippen LogP contribution in [0, 0.1) is 6.92 Å². The van der Waals surface area contributed by atoms with Crippen LogP contribution in [0.3, 0.4) is 0 Å². The SMILES string of the molecule is Cc1ccc(C(N)C(C)S(C)(=O)=O)c2ccccc12. The molecule has 2 unspecified atom stereocenters. The Labute approximate surface area is 114 Å². The van der Waals surface area contributed by atoms with Gasteiger partial charge in [0.15, 0.2) is 9.84 Å². The lowest BCUT2D eigenvalue weighted by Crippen LogP contribution is -2.30. The number of rotatable bonds is 3. The van der Waals surface area contributed by atoms with Crippen molar-refractivity contribution in [1.29, 1.82) is 0 Å². The van der Waals surface area contributed by atoms with Gasteiger partial charge < -0.3 is 5.73 Å². The number of nitrogens with two attached hydrogens (primary N) is 1. The maximum atomic E-state index is 11.7. The van der Waals surface area contributed by atoms with E-state index in [4.69, 9.17) is 5.73 Å². The first-order valence-electron chi connectivity index (χ1n) is 6.25. The zero-order chi connectivity index (χ0) is 14.2. The second kappa shape index (κ2) is 4.94. The van der Waals surface area contributed by atoms with Gasteiger partial charge in [0.25, 0.3) is 0 Å². The maximum absolute atomic E-state index is 11.7. The Hall–Kier alpha value is -1.39. The van der Waals surface area contributed by atoms with E-state index in [0.29, 0.717) is 0 Å². The summed E-state index contributed by atoms with van der Waals surface area (Å²) in [5.74, 6) is 0. The topological polar surface area (TPSA) is 60.2 Å². The van der Waals surface area contributed by atoms with Gasteiger partial charge in [-0.05, 0) is 35.7 Å². The van der Waals surface area contributed by atoms with Gasteiger partial charge in [0.2, 0.25) is 0 Å². The highest BCUT2D eigenvalue weighted by Crippen LogP contribution is 2.29. The van der Waals surface area contributed by atoms with E-state index in [0.717, 1.165) is 16.3 Å². The summed E-state index contributed by atoms with van der Waals surface area (Å²) >= 11 is 0. The van der Waals surface area contributed by atoms with Gasteiger partial charge in [-0.1, -0.05) is 36.4 Å². The van der Waals surface area contributed by atoms with Crippen molar-refractivity contribution in [1.82, 2.24) is 0 Å². The summed E-state index contributed by atoms with van der Waals surface area (Å²) in [4.78, 5) is 0. The second-order valence-corrected chi connectivity index (χ2v) is 7.48. The summed E-state index contributed by atoms with van der Waals surface area (Å²) in [6, 6.07) is 11.4. The van der Waals surface area contributed by atoms with Gasteiger partial charge in [0.05, 0.1) is 5.25 Å². The number of benzene rings is 2. The van der Waals surface area contributed by atoms with Crippen LogP contribution in [0.15, 0.2) is 36.4 Å². The van der Waals surface area contributed by atoms with Crippen molar-refractivity contribution < 1.29 is 8.42 Å². The molecule has 19 heavy (non-hydrogen) atoms. The van der Waals surface area contributed by atoms with Gasteiger partial charge >= 0.3 is 0 Å². The molecule has 0 aromatic heterocycles. The molecule has 2 N–H and O–H groups in total. The zero-order valence-electron chi connectivity index (χ0n) is 11.4. The van der Waals surface area contributed by atoms with Crippen LogP contribution in [0.2, 0.25) is 0 Å². The molecule has 0 heterocycles. The van der Waals surface area contributed by atoms with E-state index in [1.165, 1.54) is 11.8 Å². The molecule has 2 aromatic carbocycles. The molecule has 2 rings (SSSR count). The van der Waals surface area contributed by atoms with E-state index in [-0.39, 0.29) is 0 Å². The molecular weight excluding hydrogens is 258 g/mol. The molecule has 0 aliphatic heterocycles. The Morgan fingerprint density at radius 1 is 1.05 bits per heavy atom. The van der Waals surface area contributed by atoms with Gasteiger partial charge in [-0.15, -0.1) is 0 Å². The number of sulfone groups is 1. The van der Waals surface area contributed by atoms with Gasteiger partial charge in [-0.2, -0.15) is 0 Å². The summed E-state index contributed by atoms with van der Waals surface area (Å²) in [5, 5.41) is 1.56. The van der Waals surface area contributed by atoms with Crippen LogP contribution in [-0.4, -0.2) is 19.9 Å². The maximum Gasteiger partial charge on any atom is 0.151 e. The molecule has 2 aromatic rings. The lowest BCUT2D eigenvalue weighted by Gasteiger charge is -2.21. The fourth-order valence-corrected chi connectivity index (χ4v) is 2.96. The van der Waals surface area contributed by atoms with Crippen molar-refractivity contribution in [3.8, 4) is 0 Å². The van der Waals surface area contributed by atoms with Crippen LogP contribution in [0.4, 0.5) is 0 Å². The summed E-state index contributed by atoms with van der Waals surface area (Å²) < 4.78 is 23.3. The number of hydrogen-bond donors (Lipinski definition) is 1. The third-order valence-corrected chi connectivity index (χ3v) is 5.36. The van der Waals surface area contributed by atoms with Gasteiger partial charge in [0.1, 0.15) is 0 Å². The molecule has 3 nitrogen and oxygen atoms in total. The van der Waals surface area contributed by atoms with E-state index < -0.39 is 21.1 Å². The number of aryl methyl sites for hydroxylation is 1. The second-order valence-electron chi connectivity index (χ2n) is 5.08. The van der Waals surface area contributed by atoms with Crippen LogP contribution in [0.1, 0.15) is 24.1 Å². The summed E-state index contributed by atoms with van der Waals surface area (Å²) in [6.07, 6.45) is 1.23. The Kier molecular flexibility index (Phi) is 3.65. The van der Waals surface area contributed by atoms with Crippen LogP contribution < -0.4 is 5.73 Å². The standard InChI is InChI=1S/C15H19NO2S/c1-10-8-9-14(13-7-5-4-6-12(10)13)15(16)11(2)19(3,17)18/h4-9,11,15H,16H2,1-3H3. The molecule has 0 fully saturated rings. The van der Waals surface area contributed by atoms with Crippen molar-refractivity contribution in [2.45, 2.75) is 25.1 Å². The molecule has 0 radical (unpaired) electrons. The van der Waals surface area contributed by atoms with E-state index in [1.54, 1.807) is 6.92 Å². The predicted octanol–water partition coefficient (Wildman–Crippen LogP) is 2.58. The summed E-state index contributed by atoms with van der Waals surface area (Å²) in [7, 11) is -3.15. The van der Waals surface area contributed by atoms with Gasteiger partial charge in [-0.25, -0.2) is 8.42 Å². The number of hydrogen-bond acceptors (Lipinski definition) is 3. The van der Waals surface area contributed by atoms with E-state index >= 15 is 0 Å². The lowest BCUT2D eigenvalue weighted by molar-refractivity contribution is 0.571. The number of fused-ring (bicyclic) bond motifs is 1. The average molecular weight is 277 g/mol. The smallest absolute Gasteiger partial charge is 0.151 e. The minimum atomic E-state index is -3.15. The zero-order valence-corrected chi connectivity index (χ0v) is 12.2. The first kappa shape index (κ1) is 14.0. The molecule has 0 saturated heterocycles.